The summed E-state index contributed by atoms with van der Waals surface area (Å²) in [7, 11) is 0. The maximum Gasteiger partial charge on any atom is 0.0794 e. The Hall–Kier alpha value is -0.410. The largest absolute Gasteiger partial charge is 0.309 e. The summed E-state index contributed by atoms with van der Waals surface area (Å²) < 4.78 is 0. The van der Waals surface area contributed by atoms with E-state index in [4.69, 9.17) is 0 Å². The number of aromatic nitrogens is 1. The molecule has 1 atom stereocenters. The van der Waals surface area contributed by atoms with Crippen molar-refractivity contribution >= 4 is 11.3 Å². The van der Waals surface area contributed by atoms with Crippen LogP contribution in [0.1, 0.15) is 37.6 Å². The van der Waals surface area contributed by atoms with Crippen LogP contribution < -0.4 is 5.32 Å². The molecule has 0 aliphatic rings. The molecule has 1 unspecified atom stereocenters. The first-order valence-electron chi connectivity index (χ1n) is 4.50. The van der Waals surface area contributed by atoms with Gasteiger partial charge < -0.3 is 5.32 Å². The van der Waals surface area contributed by atoms with Crippen LogP contribution in [0.15, 0.2) is 11.7 Å². The van der Waals surface area contributed by atoms with Crippen LogP contribution in [0.25, 0.3) is 0 Å². The maximum absolute atomic E-state index is 4.09. The zero-order valence-electron chi connectivity index (χ0n) is 7.71. The third-order valence-electron chi connectivity index (χ3n) is 1.82. The molecular weight excluding hydrogens is 168 g/mol. The zero-order valence-corrected chi connectivity index (χ0v) is 8.53. The van der Waals surface area contributed by atoms with Crippen molar-refractivity contribution < 1.29 is 0 Å². The molecule has 0 aliphatic heterocycles. The normalized spacial score (nSPS) is 13.2. The number of hydrogen-bond donors (Lipinski definition) is 1. The fourth-order valence-corrected chi connectivity index (χ4v) is 2.01. The fourth-order valence-electron chi connectivity index (χ4n) is 1.28. The van der Waals surface area contributed by atoms with Gasteiger partial charge in [-0.3, -0.25) is 4.98 Å². The van der Waals surface area contributed by atoms with Gasteiger partial charge >= 0.3 is 0 Å². The van der Waals surface area contributed by atoms with E-state index in [1.54, 1.807) is 11.3 Å². The Morgan fingerprint density at radius 2 is 2.42 bits per heavy atom. The summed E-state index contributed by atoms with van der Waals surface area (Å²) >= 11 is 1.74. The molecule has 1 aromatic heterocycles. The van der Waals surface area contributed by atoms with E-state index in [-0.39, 0.29) is 0 Å². The zero-order chi connectivity index (χ0) is 8.81. The van der Waals surface area contributed by atoms with Crippen molar-refractivity contribution in [2.75, 3.05) is 6.54 Å². The molecule has 0 spiro atoms. The van der Waals surface area contributed by atoms with Crippen LogP contribution in [0.5, 0.6) is 0 Å². The van der Waals surface area contributed by atoms with E-state index in [9.17, 15) is 0 Å². The molecule has 0 aliphatic carbocycles. The van der Waals surface area contributed by atoms with Crippen molar-refractivity contribution in [3.8, 4) is 0 Å². The molecular formula is C9H16N2S. The Kier molecular flexibility index (Phi) is 4.25. The van der Waals surface area contributed by atoms with Gasteiger partial charge in [0.1, 0.15) is 0 Å². The van der Waals surface area contributed by atoms with Crippen molar-refractivity contribution in [3.05, 3.63) is 16.6 Å². The molecule has 2 nitrogen and oxygen atoms in total. The van der Waals surface area contributed by atoms with Crippen LogP contribution in [-0.4, -0.2) is 11.5 Å². The number of nitrogens with one attached hydrogen (secondary N) is 1. The van der Waals surface area contributed by atoms with E-state index in [1.165, 1.54) is 17.7 Å². The lowest BCUT2D eigenvalue weighted by atomic mass is 10.1. The van der Waals surface area contributed by atoms with Crippen LogP contribution in [0.4, 0.5) is 0 Å². The minimum atomic E-state index is 0.521. The molecule has 0 saturated heterocycles. The molecule has 12 heavy (non-hydrogen) atoms. The molecule has 1 aromatic rings. The van der Waals surface area contributed by atoms with Gasteiger partial charge in [0.2, 0.25) is 0 Å². The van der Waals surface area contributed by atoms with Gasteiger partial charge in [0.15, 0.2) is 0 Å². The highest BCUT2D eigenvalue weighted by Crippen LogP contribution is 2.21. The van der Waals surface area contributed by atoms with Gasteiger partial charge in [0, 0.05) is 17.1 Å². The highest BCUT2D eigenvalue weighted by atomic mass is 32.1. The van der Waals surface area contributed by atoms with Crippen molar-refractivity contribution in [1.29, 1.82) is 0 Å². The Bertz CT molecular complexity index is 190. The Balaban J connectivity index is 2.53. The SMILES string of the molecule is CCCC(NCC)c1cncs1. The summed E-state index contributed by atoms with van der Waals surface area (Å²) in [5.41, 5.74) is 1.90. The summed E-state index contributed by atoms with van der Waals surface area (Å²) in [6.45, 7) is 5.39. The molecule has 3 heteroatoms. The molecule has 1 heterocycles. The highest BCUT2D eigenvalue weighted by Gasteiger charge is 2.09. The topological polar surface area (TPSA) is 24.9 Å². The Morgan fingerprint density at radius 3 is 2.92 bits per heavy atom. The standard InChI is InChI=1S/C9H16N2S/c1-3-5-8(11-4-2)9-6-10-7-12-9/h6-8,11H,3-5H2,1-2H3. The van der Waals surface area contributed by atoms with Gasteiger partial charge in [0.05, 0.1) is 5.51 Å². The highest BCUT2D eigenvalue weighted by molar-refractivity contribution is 7.09. The summed E-state index contributed by atoms with van der Waals surface area (Å²) in [6, 6.07) is 0.521. The third kappa shape index (κ3) is 2.57. The van der Waals surface area contributed by atoms with Crippen molar-refractivity contribution in [2.24, 2.45) is 0 Å². The molecule has 0 fully saturated rings. The molecule has 1 N–H and O–H groups in total. The van der Waals surface area contributed by atoms with E-state index in [2.05, 4.69) is 24.1 Å². The van der Waals surface area contributed by atoms with Gasteiger partial charge in [-0.1, -0.05) is 20.3 Å². The van der Waals surface area contributed by atoms with E-state index in [1.807, 2.05) is 11.7 Å². The van der Waals surface area contributed by atoms with Gasteiger partial charge in [0.25, 0.3) is 0 Å². The monoisotopic (exact) mass is 184 g/mol. The number of hydrogen-bond acceptors (Lipinski definition) is 3. The van der Waals surface area contributed by atoms with Crippen molar-refractivity contribution in [2.45, 2.75) is 32.7 Å². The average Bonchev–Trinajstić information content (AvgIpc) is 2.56. The van der Waals surface area contributed by atoms with Gasteiger partial charge in [-0.05, 0) is 13.0 Å². The Labute approximate surface area is 78.0 Å². The number of rotatable bonds is 5. The lowest BCUT2D eigenvalue weighted by Gasteiger charge is -2.14. The van der Waals surface area contributed by atoms with Gasteiger partial charge in [-0.25, -0.2) is 0 Å². The lowest BCUT2D eigenvalue weighted by Crippen LogP contribution is -2.19. The summed E-state index contributed by atoms with van der Waals surface area (Å²) in [4.78, 5) is 5.45. The molecule has 0 saturated carbocycles. The van der Waals surface area contributed by atoms with Crippen LogP contribution in [-0.2, 0) is 0 Å². The first-order valence-corrected chi connectivity index (χ1v) is 5.38. The first kappa shape index (κ1) is 9.68. The second kappa shape index (κ2) is 5.27. The van der Waals surface area contributed by atoms with Crippen LogP contribution >= 0.6 is 11.3 Å². The molecule has 0 amide bonds. The van der Waals surface area contributed by atoms with Gasteiger partial charge in [-0.15, -0.1) is 11.3 Å². The van der Waals surface area contributed by atoms with Crippen LogP contribution in [0.2, 0.25) is 0 Å². The van der Waals surface area contributed by atoms with Gasteiger partial charge in [-0.2, -0.15) is 0 Å². The first-order chi connectivity index (χ1) is 5.88. The predicted molar refractivity (Wildman–Crippen MR) is 53.4 cm³/mol. The number of thiazole rings is 1. The summed E-state index contributed by atoms with van der Waals surface area (Å²) in [5, 5.41) is 3.46. The second-order valence-electron chi connectivity index (χ2n) is 2.80. The second-order valence-corrected chi connectivity index (χ2v) is 3.72. The predicted octanol–water partition coefficient (Wildman–Crippen LogP) is 2.59. The van der Waals surface area contributed by atoms with E-state index in [0.29, 0.717) is 6.04 Å². The molecule has 68 valence electrons. The molecule has 1 rings (SSSR count). The minimum Gasteiger partial charge on any atom is -0.309 e. The molecule has 0 radical (unpaired) electrons. The quantitative estimate of drug-likeness (QED) is 0.761. The smallest absolute Gasteiger partial charge is 0.0794 e. The lowest BCUT2D eigenvalue weighted by molar-refractivity contribution is 0.516. The van der Waals surface area contributed by atoms with Crippen molar-refractivity contribution in [1.82, 2.24) is 10.3 Å². The van der Waals surface area contributed by atoms with Crippen LogP contribution in [0, 0.1) is 0 Å². The minimum absolute atomic E-state index is 0.521. The van der Waals surface area contributed by atoms with Crippen molar-refractivity contribution in [3.63, 3.8) is 0 Å². The fraction of sp³-hybridized carbons (Fsp3) is 0.667. The van der Waals surface area contributed by atoms with E-state index >= 15 is 0 Å². The average molecular weight is 184 g/mol. The maximum atomic E-state index is 4.09. The third-order valence-corrected chi connectivity index (χ3v) is 2.71. The number of nitrogens with zero attached hydrogens (tertiary/aromatic N) is 1. The van der Waals surface area contributed by atoms with E-state index < -0.39 is 0 Å². The molecule has 0 bridgehead atoms. The summed E-state index contributed by atoms with van der Waals surface area (Å²) in [6.07, 6.45) is 4.39. The van der Waals surface area contributed by atoms with Crippen LogP contribution in [0.3, 0.4) is 0 Å². The Morgan fingerprint density at radius 1 is 1.58 bits per heavy atom. The summed E-state index contributed by atoms with van der Waals surface area (Å²) in [5.74, 6) is 0. The van der Waals surface area contributed by atoms with E-state index in [0.717, 1.165) is 6.54 Å². The molecule has 0 aromatic carbocycles.